The monoisotopic (exact) mass is 344 g/mol. The Balaban J connectivity index is 1.60. The normalized spacial score (nSPS) is 21.5. The molecule has 0 unspecified atom stereocenters. The Hall–Kier alpha value is -1.73. The van der Waals surface area contributed by atoms with Crippen LogP contribution in [0.3, 0.4) is 0 Å². The van der Waals surface area contributed by atoms with E-state index in [0.29, 0.717) is 18.4 Å². The van der Waals surface area contributed by atoms with Gasteiger partial charge in [-0.25, -0.2) is 14.6 Å². The number of rotatable bonds is 5. The molecule has 1 aliphatic heterocycles. The van der Waals surface area contributed by atoms with Crippen LogP contribution in [0.5, 0.6) is 0 Å². The van der Waals surface area contributed by atoms with Gasteiger partial charge in [-0.1, -0.05) is 19.3 Å². The first kappa shape index (κ1) is 16.7. The number of nitrogens with zero attached hydrogens (tertiary/aromatic N) is 4. The molecule has 0 amide bonds. The summed E-state index contributed by atoms with van der Waals surface area (Å²) in [6.07, 6.45) is 12.5. The molecule has 0 aromatic carbocycles. The molecule has 7 nitrogen and oxygen atoms in total. The Kier molecular flexibility index (Phi) is 5.12. The Morgan fingerprint density at radius 1 is 1.20 bits per heavy atom. The molecule has 4 rings (SSSR count). The summed E-state index contributed by atoms with van der Waals surface area (Å²) in [5.41, 5.74) is 7.58. The van der Waals surface area contributed by atoms with E-state index in [0.717, 1.165) is 43.4 Å². The highest BCUT2D eigenvalue weighted by Crippen LogP contribution is 2.32. The maximum atomic E-state index is 6.54. The number of ether oxygens (including phenoxy) is 1. The van der Waals surface area contributed by atoms with Crippen molar-refractivity contribution in [1.82, 2.24) is 24.7 Å². The van der Waals surface area contributed by atoms with Crippen LogP contribution in [0.25, 0.3) is 0 Å². The lowest BCUT2D eigenvalue weighted by Gasteiger charge is -2.24. The number of nitrogens with one attached hydrogen (secondary N) is 1. The molecular formula is C18H28N6O. The smallest absolute Gasteiger partial charge is 0.154 e. The van der Waals surface area contributed by atoms with Gasteiger partial charge in [0.2, 0.25) is 0 Å². The average molecular weight is 344 g/mol. The molecule has 1 atom stereocenters. The summed E-state index contributed by atoms with van der Waals surface area (Å²) < 4.78 is 7.65. The fourth-order valence-electron chi connectivity index (χ4n) is 4.05. The Bertz CT molecular complexity index is 655. The zero-order valence-corrected chi connectivity index (χ0v) is 14.7. The first-order valence-electron chi connectivity index (χ1n) is 9.58. The summed E-state index contributed by atoms with van der Waals surface area (Å²) in [6, 6.07) is 0.279. The zero-order valence-electron chi connectivity index (χ0n) is 14.7. The summed E-state index contributed by atoms with van der Waals surface area (Å²) >= 11 is 0. The minimum atomic E-state index is -0.163. The zero-order chi connectivity index (χ0) is 17.1. The van der Waals surface area contributed by atoms with Crippen LogP contribution in [0.2, 0.25) is 0 Å². The molecule has 1 saturated carbocycles. The van der Waals surface area contributed by atoms with Gasteiger partial charge in [0.1, 0.15) is 5.82 Å². The van der Waals surface area contributed by atoms with E-state index in [1.54, 1.807) is 6.33 Å². The molecule has 136 valence electrons. The number of aromatic amines is 1. The number of aromatic nitrogens is 5. The first-order valence-corrected chi connectivity index (χ1v) is 9.58. The average Bonchev–Trinajstić information content (AvgIpc) is 3.33. The maximum absolute atomic E-state index is 6.54. The van der Waals surface area contributed by atoms with Crippen LogP contribution in [-0.4, -0.2) is 37.9 Å². The van der Waals surface area contributed by atoms with Gasteiger partial charge in [0.25, 0.3) is 0 Å². The number of H-pyrrole nitrogens is 1. The van der Waals surface area contributed by atoms with Gasteiger partial charge < -0.3 is 15.5 Å². The Morgan fingerprint density at radius 3 is 2.72 bits per heavy atom. The van der Waals surface area contributed by atoms with Gasteiger partial charge in [0.15, 0.2) is 5.82 Å². The molecule has 0 bridgehead atoms. The summed E-state index contributed by atoms with van der Waals surface area (Å²) in [4.78, 5) is 12.2. The van der Waals surface area contributed by atoms with Gasteiger partial charge in [0, 0.05) is 37.4 Å². The highest BCUT2D eigenvalue weighted by Gasteiger charge is 2.28. The molecule has 2 aromatic heterocycles. The summed E-state index contributed by atoms with van der Waals surface area (Å²) in [7, 11) is 0. The lowest BCUT2D eigenvalue weighted by molar-refractivity contribution is 0.0834. The third kappa shape index (κ3) is 3.77. The van der Waals surface area contributed by atoms with Gasteiger partial charge in [-0.3, -0.25) is 0 Å². The van der Waals surface area contributed by atoms with Crippen molar-refractivity contribution in [3.8, 4) is 0 Å². The molecule has 2 aromatic rings. The fraction of sp³-hybridized carbons (Fsp3) is 0.722. The predicted molar refractivity (Wildman–Crippen MR) is 94.2 cm³/mol. The maximum Gasteiger partial charge on any atom is 0.154 e. The predicted octanol–water partition coefficient (Wildman–Crippen LogP) is 2.64. The van der Waals surface area contributed by atoms with Crippen LogP contribution in [0.15, 0.2) is 12.5 Å². The first-order chi connectivity index (χ1) is 12.3. The van der Waals surface area contributed by atoms with Crippen LogP contribution in [-0.2, 0) is 11.2 Å². The lowest BCUT2D eigenvalue weighted by atomic mass is 9.95. The number of hydrogen-bond donors (Lipinski definition) is 2. The van der Waals surface area contributed by atoms with E-state index in [1.165, 1.54) is 32.1 Å². The van der Waals surface area contributed by atoms with E-state index in [1.807, 2.05) is 6.20 Å². The molecule has 2 aliphatic rings. The second-order valence-electron chi connectivity index (χ2n) is 7.34. The van der Waals surface area contributed by atoms with E-state index >= 15 is 0 Å². The van der Waals surface area contributed by atoms with Crippen molar-refractivity contribution in [1.29, 1.82) is 0 Å². The van der Waals surface area contributed by atoms with Gasteiger partial charge in [0.05, 0.1) is 18.4 Å². The summed E-state index contributed by atoms with van der Waals surface area (Å²) in [5, 5.41) is 4.95. The van der Waals surface area contributed by atoms with Crippen LogP contribution in [0.1, 0.15) is 80.3 Å². The van der Waals surface area contributed by atoms with Gasteiger partial charge in [-0.15, -0.1) is 0 Å². The largest absolute Gasteiger partial charge is 0.381 e. The van der Waals surface area contributed by atoms with E-state index in [4.69, 9.17) is 20.6 Å². The molecule has 0 spiro atoms. The van der Waals surface area contributed by atoms with Crippen LogP contribution < -0.4 is 5.73 Å². The Morgan fingerprint density at radius 2 is 2.00 bits per heavy atom. The van der Waals surface area contributed by atoms with Crippen molar-refractivity contribution in [3.05, 3.63) is 29.9 Å². The number of hydrogen-bond acceptors (Lipinski definition) is 5. The molecular weight excluding hydrogens is 316 g/mol. The molecule has 1 saturated heterocycles. The third-order valence-corrected chi connectivity index (χ3v) is 5.51. The standard InChI is InChI=1S/C18H28N6O/c19-16(10-14-11-20-12-21-14)18-22-17(13-6-8-25-9-7-13)23-24(18)15-4-2-1-3-5-15/h11-13,15-16H,1-10,19H2,(H,20,21)/t16-/m0/s1. The second-order valence-corrected chi connectivity index (χ2v) is 7.34. The van der Waals surface area contributed by atoms with Crippen molar-refractivity contribution in [2.24, 2.45) is 5.73 Å². The van der Waals surface area contributed by atoms with Crippen LogP contribution >= 0.6 is 0 Å². The molecule has 7 heteroatoms. The van der Waals surface area contributed by atoms with E-state index in [9.17, 15) is 0 Å². The molecule has 3 N–H and O–H groups in total. The highest BCUT2D eigenvalue weighted by atomic mass is 16.5. The summed E-state index contributed by atoms with van der Waals surface area (Å²) in [5.74, 6) is 2.30. The van der Waals surface area contributed by atoms with E-state index < -0.39 is 0 Å². The minimum Gasteiger partial charge on any atom is -0.381 e. The molecule has 2 fully saturated rings. The molecule has 0 radical (unpaired) electrons. The summed E-state index contributed by atoms with van der Waals surface area (Å²) in [6.45, 7) is 1.61. The Labute approximate surface area is 148 Å². The number of imidazole rings is 1. The lowest BCUT2D eigenvalue weighted by Crippen LogP contribution is -2.23. The quantitative estimate of drug-likeness (QED) is 0.869. The SMILES string of the molecule is N[C@@H](Cc1cnc[nH]1)c1nc(C2CCOCC2)nn1C1CCCCC1. The van der Waals surface area contributed by atoms with Crippen LogP contribution in [0, 0.1) is 0 Å². The topological polar surface area (TPSA) is 94.6 Å². The van der Waals surface area contributed by atoms with E-state index in [-0.39, 0.29) is 6.04 Å². The molecule has 3 heterocycles. The van der Waals surface area contributed by atoms with Crippen molar-refractivity contribution in [2.75, 3.05) is 13.2 Å². The molecule has 1 aliphatic carbocycles. The van der Waals surface area contributed by atoms with Gasteiger partial charge in [-0.2, -0.15) is 5.10 Å². The second kappa shape index (κ2) is 7.66. The molecule has 25 heavy (non-hydrogen) atoms. The van der Waals surface area contributed by atoms with Crippen molar-refractivity contribution >= 4 is 0 Å². The van der Waals surface area contributed by atoms with Crippen molar-refractivity contribution < 1.29 is 4.74 Å². The van der Waals surface area contributed by atoms with Gasteiger partial charge in [-0.05, 0) is 25.7 Å². The fourth-order valence-corrected chi connectivity index (χ4v) is 4.05. The van der Waals surface area contributed by atoms with E-state index in [2.05, 4.69) is 14.6 Å². The van der Waals surface area contributed by atoms with Crippen molar-refractivity contribution in [2.45, 2.75) is 69.4 Å². The van der Waals surface area contributed by atoms with Gasteiger partial charge >= 0.3 is 0 Å². The van der Waals surface area contributed by atoms with Crippen molar-refractivity contribution in [3.63, 3.8) is 0 Å². The van der Waals surface area contributed by atoms with Crippen LogP contribution in [0.4, 0.5) is 0 Å². The number of nitrogens with two attached hydrogens (primary N) is 1. The minimum absolute atomic E-state index is 0.163. The highest BCUT2D eigenvalue weighted by molar-refractivity contribution is 5.09. The third-order valence-electron chi connectivity index (χ3n) is 5.51.